The fourth-order valence-electron chi connectivity index (χ4n) is 1.93. The van der Waals surface area contributed by atoms with Crippen molar-refractivity contribution in [2.24, 2.45) is 0 Å². The molecule has 21 heavy (non-hydrogen) atoms. The largest absolute Gasteiger partial charge is 0.348 e. The van der Waals surface area contributed by atoms with Gasteiger partial charge in [-0.3, -0.25) is 14.9 Å². The third-order valence-corrected chi connectivity index (χ3v) is 4.12. The molecule has 2 aromatic rings. The minimum Gasteiger partial charge on any atom is -0.348 e. The highest BCUT2D eigenvalue weighted by Crippen LogP contribution is 2.21. The van der Waals surface area contributed by atoms with Gasteiger partial charge in [0.05, 0.1) is 10.5 Å². The highest BCUT2D eigenvalue weighted by Gasteiger charge is 2.15. The Labute approximate surface area is 130 Å². The molecule has 2 aromatic carbocycles. The zero-order valence-electron chi connectivity index (χ0n) is 11.3. The minimum absolute atomic E-state index is 0.00103. The van der Waals surface area contributed by atoms with E-state index in [1.54, 1.807) is 30.3 Å². The lowest BCUT2D eigenvalue weighted by Crippen LogP contribution is -2.23. The summed E-state index contributed by atoms with van der Waals surface area (Å²) in [4.78, 5) is 22.6. The maximum absolute atomic E-state index is 12.2. The van der Waals surface area contributed by atoms with Gasteiger partial charge >= 0.3 is 0 Å². The second-order valence-corrected chi connectivity index (χ2v) is 5.30. The SMILES string of the molecule is Cc1cccc(C(=O)NCc2ccccc2[N+](=O)[O-])c1Br. The molecule has 0 atom stereocenters. The Morgan fingerprint density at radius 3 is 2.67 bits per heavy atom. The van der Waals surface area contributed by atoms with E-state index in [2.05, 4.69) is 21.2 Å². The van der Waals surface area contributed by atoms with Gasteiger partial charge in [-0.05, 0) is 34.5 Å². The Balaban J connectivity index is 2.15. The fourth-order valence-corrected chi connectivity index (χ4v) is 2.38. The summed E-state index contributed by atoms with van der Waals surface area (Å²) in [6.07, 6.45) is 0. The number of carbonyl (C=O) groups is 1. The summed E-state index contributed by atoms with van der Waals surface area (Å²) in [6.45, 7) is 2.00. The Hall–Kier alpha value is -2.21. The summed E-state index contributed by atoms with van der Waals surface area (Å²) in [6, 6.07) is 11.7. The van der Waals surface area contributed by atoms with Gasteiger partial charge in [0.15, 0.2) is 0 Å². The number of amides is 1. The number of hydrogen-bond acceptors (Lipinski definition) is 3. The summed E-state index contributed by atoms with van der Waals surface area (Å²) in [5.74, 6) is -0.274. The Kier molecular flexibility index (Phi) is 4.70. The van der Waals surface area contributed by atoms with Crippen LogP contribution < -0.4 is 5.32 Å². The lowest BCUT2D eigenvalue weighted by Gasteiger charge is -2.08. The second kappa shape index (κ2) is 6.49. The van der Waals surface area contributed by atoms with Crippen molar-refractivity contribution in [1.29, 1.82) is 0 Å². The first-order valence-corrected chi connectivity index (χ1v) is 7.05. The summed E-state index contributed by atoms with van der Waals surface area (Å²) in [7, 11) is 0. The van der Waals surface area contributed by atoms with Gasteiger partial charge in [-0.25, -0.2) is 0 Å². The molecule has 0 saturated carbocycles. The van der Waals surface area contributed by atoms with E-state index in [-0.39, 0.29) is 18.1 Å². The van der Waals surface area contributed by atoms with Crippen LogP contribution in [0.4, 0.5) is 5.69 Å². The molecule has 0 spiro atoms. The molecule has 0 aliphatic rings. The molecule has 0 radical (unpaired) electrons. The first-order chi connectivity index (χ1) is 10.0. The summed E-state index contributed by atoms with van der Waals surface area (Å²) < 4.78 is 0.727. The molecule has 2 rings (SSSR count). The van der Waals surface area contributed by atoms with Gasteiger partial charge in [0.25, 0.3) is 11.6 Å². The average Bonchev–Trinajstić information content (AvgIpc) is 2.47. The van der Waals surface area contributed by atoms with Gasteiger partial charge in [-0.15, -0.1) is 0 Å². The van der Waals surface area contributed by atoms with Crippen LogP contribution in [0.5, 0.6) is 0 Å². The van der Waals surface area contributed by atoms with Crippen LogP contribution in [0, 0.1) is 17.0 Å². The number of halogens is 1. The van der Waals surface area contributed by atoms with Crippen LogP contribution in [0.3, 0.4) is 0 Å². The molecule has 0 unspecified atom stereocenters. The number of para-hydroxylation sites is 1. The van der Waals surface area contributed by atoms with E-state index in [4.69, 9.17) is 0 Å². The van der Waals surface area contributed by atoms with Crippen LogP contribution in [-0.4, -0.2) is 10.8 Å². The van der Waals surface area contributed by atoms with E-state index >= 15 is 0 Å². The van der Waals surface area contributed by atoms with Gasteiger partial charge in [0.2, 0.25) is 0 Å². The highest BCUT2D eigenvalue weighted by atomic mass is 79.9. The van der Waals surface area contributed by atoms with Gasteiger partial charge in [-0.2, -0.15) is 0 Å². The quantitative estimate of drug-likeness (QED) is 0.677. The summed E-state index contributed by atoms with van der Waals surface area (Å²) in [5.41, 5.74) is 1.93. The Bertz CT molecular complexity index is 701. The van der Waals surface area contributed by atoms with Gasteiger partial charge in [-0.1, -0.05) is 30.3 Å². The van der Waals surface area contributed by atoms with Crippen molar-refractivity contribution >= 4 is 27.5 Å². The van der Waals surface area contributed by atoms with Crippen molar-refractivity contribution in [2.45, 2.75) is 13.5 Å². The first-order valence-electron chi connectivity index (χ1n) is 6.26. The molecule has 108 valence electrons. The predicted molar refractivity (Wildman–Crippen MR) is 83.1 cm³/mol. The molecular weight excluding hydrogens is 336 g/mol. The molecule has 1 amide bonds. The van der Waals surface area contributed by atoms with Crippen LogP contribution in [0.15, 0.2) is 46.9 Å². The smallest absolute Gasteiger partial charge is 0.274 e. The van der Waals surface area contributed by atoms with Crippen LogP contribution in [0.2, 0.25) is 0 Å². The zero-order chi connectivity index (χ0) is 15.4. The number of hydrogen-bond donors (Lipinski definition) is 1. The monoisotopic (exact) mass is 348 g/mol. The number of rotatable bonds is 4. The van der Waals surface area contributed by atoms with Crippen LogP contribution >= 0.6 is 15.9 Å². The van der Waals surface area contributed by atoms with Crippen LogP contribution in [0.1, 0.15) is 21.5 Å². The molecule has 0 fully saturated rings. The van der Waals surface area contributed by atoms with E-state index in [1.807, 2.05) is 13.0 Å². The van der Waals surface area contributed by atoms with E-state index in [1.165, 1.54) is 6.07 Å². The van der Waals surface area contributed by atoms with Gasteiger partial charge < -0.3 is 5.32 Å². The molecule has 0 aliphatic carbocycles. The number of benzene rings is 2. The van der Waals surface area contributed by atoms with E-state index in [0.717, 1.165) is 10.0 Å². The van der Waals surface area contributed by atoms with Crippen molar-refractivity contribution < 1.29 is 9.72 Å². The topological polar surface area (TPSA) is 72.2 Å². The number of nitro groups is 1. The van der Waals surface area contributed by atoms with E-state index in [0.29, 0.717) is 11.1 Å². The average molecular weight is 349 g/mol. The Morgan fingerprint density at radius 2 is 1.95 bits per heavy atom. The molecule has 0 bridgehead atoms. The number of carbonyl (C=O) groups excluding carboxylic acids is 1. The predicted octanol–water partition coefficient (Wildman–Crippen LogP) is 3.60. The number of nitrogens with zero attached hydrogens (tertiary/aromatic N) is 1. The van der Waals surface area contributed by atoms with Crippen molar-refractivity contribution in [3.8, 4) is 0 Å². The molecule has 0 saturated heterocycles. The van der Waals surface area contributed by atoms with Crippen molar-refractivity contribution in [3.05, 3.63) is 73.7 Å². The number of nitro benzene ring substituents is 1. The molecule has 0 aliphatic heterocycles. The second-order valence-electron chi connectivity index (χ2n) is 4.50. The van der Waals surface area contributed by atoms with Gasteiger partial charge in [0.1, 0.15) is 0 Å². The third-order valence-electron chi connectivity index (χ3n) is 3.06. The molecular formula is C15H13BrN2O3. The standard InChI is InChI=1S/C15H13BrN2O3/c1-10-5-4-7-12(14(10)16)15(19)17-9-11-6-2-3-8-13(11)18(20)21/h2-8H,9H2,1H3,(H,17,19). The van der Waals surface area contributed by atoms with Crippen LogP contribution in [0.25, 0.3) is 0 Å². The van der Waals surface area contributed by atoms with Crippen molar-refractivity contribution in [2.75, 3.05) is 0 Å². The summed E-state index contributed by atoms with van der Waals surface area (Å²) in [5, 5.41) is 13.6. The maximum Gasteiger partial charge on any atom is 0.274 e. The molecule has 1 N–H and O–H groups in total. The number of aryl methyl sites for hydroxylation is 1. The molecule has 0 heterocycles. The lowest BCUT2D eigenvalue weighted by molar-refractivity contribution is -0.385. The molecule has 0 aromatic heterocycles. The zero-order valence-corrected chi connectivity index (χ0v) is 12.9. The number of nitrogens with one attached hydrogen (secondary N) is 1. The normalized spacial score (nSPS) is 10.2. The first kappa shape index (κ1) is 15.2. The molecule has 5 nitrogen and oxygen atoms in total. The highest BCUT2D eigenvalue weighted by molar-refractivity contribution is 9.10. The maximum atomic E-state index is 12.2. The van der Waals surface area contributed by atoms with Crippen molar-refractivity contribution in [3.63, 3.8) is 0 Å². The fraction of sp³-hybridized carbons (Fsp3) is 0.133. The van der Waals surface area contributed by atoms with E-state index in [9.17, 15) is 14.9 Å². The van der Waals surface area contributed by atoms with E-state index < -0.39 is 4.92 Å². The molecule has 6 heteroatoms. The lowest BCUT2D eigenvalue weighted by atomic mass is 10.1. The van der Waals surface area contributed by atoms with Gasteiger partial charge in [0, 0.05) is 22.6 Å². The van der Waals surface area contributed by atoms with Crippen LogP contribution in [-0.2, 0) is 6.54 Å². The summed E-state index contributed by atoms with van der Waals surface area (Å²) >= 11 is 3.38. The third kappa shape index (κ3) is 3.46. The van der Waals surface area contributed by atoms with Crippen molar-refractivity contribution in [1.82, 2.24) is 5.32 Å². The Morgan fingerprint density at radius 1 is 1.24 bits per heavy atom. The minimum atomic E-state index is -0.454.